The van der Waals surface area contributed by atoms with Crippen LogP contribution in [0.3, 0.4) is 0 Å². The van der Waals surface area contributed by atoms with Crippen LogP contribution in [-0.4, -0.2) is 12.8 Å². The summed E-state index contributed by atoms with van der Waals surface area (Å²) in [6.45, 7) is 0. The van der Waals surface area contributed by atoms with Crippen molar-refractivity contribution in [1.82, 2.24) is 0 Å². The summed E-state index contributed by atoms with van der Waals surface area (Å²) in [6.07, 6.45) is 0. The summed E-state index contributed by atoms with van der Waals surface area (Å²) in [7, 11) is -1.20. The third-order valence-electron chi connectivity index (χ3n) is 1.35. The van der Waals surface area contributed by atoms with Gasteiger partial charge in [-0.25, -0.2) is 4.79 Å². The lowest BCUT2D eigenvalue weighted by molar-refractivity contribution is 0.198. The first-order valence-electron chi connectivity index (χ1n) is 3.34. The summed E-state index contributed by atoms with van der Waals surface area (Å²) in [5.74, 6) is 0. The Morgan fingerprint density at radius 3 is 2.58 bits per heavy atom. The van der Waals surface area contributed by atoms with Crippen LogP contribution in [0.15, 0.2) is 24.3 Å². The molecule has 0 aromatic heterocycles. The third kappa shape index (κ3) is 1.95. The normalized spacial score (nSPS) is 12.1. The van der Waals surface area contributed by atoms with Crippen LogP contribution >= 0.6 is 7.80 Å². The molecule has 0 heterocycles. The molecule has 12 heavy (non-hydrogen) atoms. The van der Waals surface area contributed by atoms with Crippen molar-refractivity contribution in [2.45, 2.75) is 0 Å². The van der Waals surface area contributed by atoms with E-state index in [1.807, 2.05) is 0 Å². The third-order valence-corrected chi connectivity index (χ3v) is 2.78. The molecule has 1 aromatic rings. The number of hydrogen-bond donors (Lipinski definition) is 0. The first-order valence-corrected chi connectivity index (χ1v) is 4.75. The molecular formula is C8H8O3P. The van der Waals surface area contributed by atoms with Gasteiger partial charge in [0.05, 0.1) is 7.11 Å². The highest BCUT2D eigenvalue weighted by atomic mass is 31.1. The maximum atomic E-state index is 11.3. The van der Waals surface area contributed by atoms with Crippen LogP contribution < -0.4 is 5.30 Å². The van der Waals surface area contributed by atoms with Gasteiger partial charge < -0.3 is 9.30 Å². The molecule has 1 atom stereocenters. The monoisotopic (exact) mass is 183 g/mol. The standard InChI is InChI=1S/C8H8O3P/c1-11-8(9)12(10)7-5-3-2-4-6-7/h3-6,12H,1H3. The minimum absolute atomic E-state index is 0.505. The van der Waals surface area contributed by atoms with E-state index in [9.17, 15) is 9.36 Å². The molecule has 0 amide bonds. The van der Waals surface area contributed by atoms with E-state index < -0.39 is 13.5 Å². The molecule has 4 heteroatoms. The Labute approximate surface area is 71.1 Å². The van der Waals surface area contributed by atoms with Crippen LogP contribution in [0.1, 0.15) is 0 Å². The molecule has 0 aliphatic carbocycles. The van der Waals surface area contributed by atoms with Gasteiger partial charge in [0.25, 0.3) is 0 Å². The lowest BCUT2D eigenvalue weighted by Gasteiger charge is -1.98. The zero-order chi connectivity index (χ0) is 8.97. The Morgan fingerprint density at radius 2 is 2.08 bits per heavy atom. The SMILES string of the molecule is COC(=O)[PH](=O)c1cc[c]cc1. The van der Waals surface area contributed by atoms with E-state index in [0.717, 1.165) is 0 Å². The molecule has 0 N–H and O–H groups in total. The van der Waals surface area contributed by atoms with Crippen molar-refractivity contribution in [3.63, 3.8) is 0 Å². The highest BCUT2D eigenvalue weighted by Gasteiger charge is 2.12. The zero-order valence-electron chi connectivity index (χ0n) is 6.53. The fourth-order valence-electron chi connectivity index (χ4n) is 0.749. The lowest BCUT2D eigenvalue weighted by atomic mass is 10.4. The quantitative estimate of drug-likeness (QED) is 0.651. The first kappa shape index (κ1) is 9.01. The molecule has 0 saturated heterocycles. The van der Waals surface area contributed by atoms with E-state index in [2.05, 4.69) is 10.8 Å². The molecule has 1 aromatic carbocycles. The lowest BCUT2D eigenvalue weighted by Crippen LogP contribution is -2.02. The molecule has 3 nitrogen and oxygen atoms in total. The van der Waals surface area contributed by atoms with Crippen LogP contribution in [0.4, 0.5) is 4.79 Å². The molecule has 1 unspecified atom stereocenters. The Morgan fingerprint density at radius 1 is 1.50 bits per heavy atom. The summed E-state index contributed by atoms with van der Waals surface area (Å²) in [6, 6.07) is 9.18. The van der Waals surface area contributed by atoms with Gasteiger partial charge in [-0.1, -0.05) is 24.3 Å². The number of ether oxygens (including phenoxy) is 1. The topological polar surface area (TPSA) is 43.4 Å². The van der Waals surface area contributed by atoms with Crippen LogP contribution in [0.2, 0.25) is 0 Å². The molecule has 0 bridgehead atoms. The summed E-state index contributed by atoms with van der Waals surface area (Å²) in [4.78, 5) is 10.8. The van der Waals surface area contributed by atoms with E-state index in [-0.39, 0.29) is 0 Å². The van der Waals surface area contributed by atoms with Crippen LogP contribution in [0.25, 0.3) is 0 Å². The van der Waals surface area contributed by atoms with Crippen molar-refractivity contribution in [1.29, 1.82) is 0 Å². The molecule has 0 saturated carbocycles. The van der Waals surface area contributed by atoms with Crippen LogP contribution in [0, 0.1) is 6.07 Å². The van der Waals surface area contributed by atoms with Crippen molar-refractivity contribution in [2.24, 2.45) is 0 Å². The van der Waals surface area contributed by atoms with E-state index in [1.165, 1.54) is 7.11 Å². The molecule has 0 spiro atoms. The van der Waals surface area contributed by atoms with E-state index in [4.69, 9.17) is 0 Å². The minimum Gasteiger partial charge on any atom is -0.464 e. The fraction of sp³-hybridized carbons (Fsp3) is 0.125. The summed E-state index contributed by atoms with van der Waals surface area (Å²) >= 11 is 0. The Bertz CT molecular complexity index is 294. The van der Waals surface area contributed by atoms with Gasteiger partial charge in [-0.15, -0.1) is 0 Å². The van der Waals surface area contributed by atoms with E-state index in [1.54, 1.807) is 24.3 Å². The van der Waals surface area contributed by atoms with Gasteiger partial charge in [0, 0.05) is 5.30 Å². The van der Waals surface area contributed by atoms with Gasteiger partial charge in [0.15, 0.2) is 0 Å². The Kier molecular flexibility index (Phi) is 3.06. The smallest absolute Gasteiger partial charge is 0.365 e. The molecule has 0 fully saturated rings. The number of carbonyl (C=O) groups is 1. The number of benzene rings is 1. The van der Waals surface area contributed by atoms with Crippen molar-refractivity contribution in [3.8, 4) is 0 Å². The number of hydrogen-bond acceptors (Lipinski definition) is 3. The van der Waals surface area contributed by atoms with Gasteiger partial charge >= 0.3 is 5.71 Å². The Balaban J connectivity index is 2.86. The second kappa shape index (κ2) is 4.07. The largest absolute Gasteiger partial charge is 0.464 e. The molecular weight excluding hydrogens is 175 g/mol. The Hall–Kier alpha value is -1.08. The van der Waals surface area contributed by atoms with Crippen molar-refractivity contribution in [3.05, 3.63) is 30.3 Å². The van der Waals surface area contributed by atoms with E-state index in [0.29, 0.717) is 5.30 Å². The van der Waals surface area contributed by atoms with Gasteiger partial charge in [-0.3, -0.25) is 0 Å². The molecule has 1 radical (unpaired) electrons. The fourth-order valence-corrected chi connectivity index (χ4v) is 1.64. The zero-order valence-corrected chi connectivity index (χ0v) is 7.53. The average Bonchev–Trinajstić information content (AvgIpc) is 2.17. The predicted octanol–water partition coefficient (Wildman–Crippen LogP) is 1.44. The van der Waals surface area contributed by atoms with Crippen molar-refractivity contribution >= 4 is 18.8 Å². The molecule has 1 rings (SSSR count). The van der Waals surface area contributed by atoms with Gasteiger partial charge in [0.2, 0.25) is 7.80 Å². The minimum atomic E-state index is -2.43. The average molecular weight is 183 g/mol. The van der Waals surface area contributed by atoms with Crippen molar-refractivity contribution in [2.75, 3.05) is 7.11 Å². The van der Waals surface area contributed by atoms with Gasteiger partial charge in [-0.05, 0) is 6.07 Å². The predicted molar refractivity (Wildman–Crippen MR) is 46.3 cm³/mol. The summed E-state index contributed by atoms with van der Waals surface area (Å²) in [5.41, 5.74) is -0.661. The highest BCUT2D eigenvalue weighted by molar-refractivity contribution is 7.70. The number of rotatable bonds is 2. The highest BCUT2D eigenvalue weighted by Crippen LogP contribution is 2.21. The molecule has 63 valence electrons. The second-order valence-corrected chi connectivity index (χ2v) is 3.75. The van der Waals surface area contributed by atoms with Crippen molar-refractivity contribution < 1.29 is 14.1 Å². The first-order chi connectivity index (χ1) is 5.75. The maximum Gasteiger partial charge on any atom is 0.365 e. The number of carbonyl (C=O) groups excluding carboxylic acids is 1. The van der Waals surface area contributed by atoms with Crippen LogP contribution in [0.5, 0.6) is 0 Å². The van der Waals surface area contributed by atoms with Crippen LogP contribution in [-0.2, 0) is 9.30 Å². The van der Waals surface area contributed by atoms with Gasteiger partial charge in [-0.2, -0.15) is 0 Å². The number of methoxy groups -OCH3 is 1. The molecule has 0 aliphatic heterocycles. The summed E-state index contributed by atoms with van der Waals surface area (Å²) < 4.78 is 15.6. The summed E-state index contributed by atoms with van der Waals surface area (Å²) in [5, 5.41) is 0.505. The van der Waals surface area contributed by atoms with Gasteiger partial charge in [0.1, 0.15) is 0 Å². The second-order valence-electron chi connectivity index (χ2n) is 2.11. The molecule has 0 aliphatic rings. The van der Waals surface area contributed by atoms with E-state index >= 15 is 0 Å². The maximum absolute atomic E-state index is 11.3.